The fourth-order valence-corrected chi connectivity index (χ4v) is 1.35. The SMILES string of the molecule is N=C(N)CC1CC=CCC1. The average Bonchev–Trinajstić information content (AvgIpc) is 1.88. The highest BCUT2D eigenvalue weighted by Gasteiger charge is 2.09. The first-order valence-electron chi connectivity index (χ1n) is 3.77. The zero-order chi connectivity index (χ0) is 7.40. The van der Waals surface area contributed by atoms with Crippen LogP contribution >= 0.6 is 0 Å². The van der Waals surface area contributed by atoms with Gasteiger partial charge in [0.15, 0.2) is 0 Å². The van der Waals surface area contributed by atoms with Gasteiger partial charge in [0.25, 0.3) is 0 Å². The molecule has 56 valence electrons. The van der Waals surface area contributed by atoms with E-state index in [1.807, 2.05) is 0 Å². The van der Waals surface area contributed by atoms with Crippen LogP contribution in [0.3, 0.4) is 0 Å². The number of allylic oxidation sites excluding steroid dienone is 2. The molecule has 0 heterocycles. The molecule has 10 heavy (non-hydrogen) atoms. The molecule has 0 aromatic rings. The van der Waals surface area contributed by atoms with E-state index in [2.05, 4.69) is 12.2 Å². The Kier molecular flexibility index (Phi) is 2.49. The van der Waals surface area contributed by atoms with Crippen molar-refractivity contribution in [2.75, 3.05) is 0 Å². The van der Waals surface area contributed by atoms with E-state index < -0.39 is 0 Å². The molecule has 3 N–H and O–H groups in total. The molecular weight excluding hydrogens is 124 g/mol. The standard InChI is InChI=1S/C8H14N2/c9-8(10)6-7-4-2-1-3-5-7/h1-2,7H,3-6H2,(H3,9,10). The van der Waals surface area contributed by atoms with E-state index >= 15 is 0 Å². The van der Waals surface area contributed by atoms with E-state index in [1.54, 1.807) is 0 Å². The molecule has 0 bridgehead atoms. The number of amidine groups is 1. The largest absolute Gasteiger partial charge is 0.388 e. The molecular formula is C8H14N2. The smallest absolute Gasteiger partial charge is 0.0908 e. The second-order valence-corrected chi connectivity index (χ2v) is 2.88. The van der Waals surface area contributed by atoms with Gasteiger partial charge in [-0.05, 0) is 25.2 Å². The lowest BCUT2D eigenvalue weighted by Gasteiger charge is -2.15. The summed E-state index contributed by atoms with van der Waals surface area (Å²) in [5, 5.41) is 7.08. The predicted molar refractivity (Wildman–Crippen MR) is 43.0 cm³/mol. The minimum atomic E-state index is 0.334. The summed E-state index contributed by atoms with van der Waals surface area (Å²) < 4.78 is 0. The summed E-state index contributed by atoms with van der Waals surface area (Å²) in [4.78, 5) is 0. The Morgan fingerprint density at radius 3 is 2.90 bits per heavy atom. The molecule has 2 nitrogen and oxygen atoms in total. The Morgan fingerprint density at radius 2 is 2.40 bits per heavy atom. The van der Waals surface area contributed by atoms with Gasteiger partial charge >= 0.3 is 0 Å². The highest BCUT2D eigenvalue weighted by molar-refractivity contribution is 5.77. The van der Waals surface area contributed by atoms with Gasteiger partial charge in [0.1, 0.15) is 0 Å². The van der Waals surface area contributed by atoms with E-state index in [1.165, 1.54) is 6.42 Å². The minimum Gasteiger partial charge on any atom is -0.388 e. The van der Waals surface area contributed by atoms with Crippen molar-refractivity contribution in [3.8, 4) is 0 Å². The van der Waals surface area contributed by atoms with Gasteiger partial charge in [-0.15, -0.1) is 0 Å². The van der Waals surface area contributed by atoms with Crippen molar-refractivity contribution in [2.45, 2.75) is 25.7 Å². The predicted octanol–water partition coefficient (Wildman–Crippen LogP) is 1.67. The van der Waals surface area contributed by atoms with Gasteiger partial charge in [-0.25, -0.2) is 0 Å². The normalized spacial score (nSPS) is 24.6. The molecule has 1 aliphatic rings. The van der Waals surface area contributed by atoms with Crippen molar-refractivity contribution in [3.63, 3.8) is 0 Å². The molecule has 0 amide bonds. The monoisotopic (exact) mass is 138 g/mol. The maximum absolute atomic E-state index is 7.08. The summed E-state index contributed by atoms with van der Waals surface area (Å²) in [6, 6.07) is 0. The van der Waals surface area contributed by atoms with Crippen LogP contribution in [0.5, 0.6) is 0 Å². The van der Waals surface area contributed by atoms with Crippen LogP contribution in [0, 0.1) is 11.3 Å². The van der Waals surface area contributed by atoms with Gasteiger partial charge in [0, 0.05) is 6.42 Å². The lowest BCUT2D eigenvalue weighted by molar-refractivity contribution is 0.495. The number of hydrogen-bond acceptors (Lipinski definition) is 1. The van der Waals surface area contributed by atoms with Gasteiger partial charge in [0.2, 0.25) is 0 Å². The van der Waals surface area contributed by atoms with Gasteiger partial charge in [-0.1, -0.05) is 12.2 Å². The van der Waals surface area contributed by atoms with E-state index in [9.17, 15) is 0 Å². The van der Waals surface area contributed by atoms with Gasteiger partial charge in [0.05, 0.1) is 5.84 Å². The van der Waals surface area contributed by atoms with E-state index in [-0.39, 0.29) is 0 Å². The van der Waals surface area contributed by atoms with Crippen LogP contribution in [0.25, 0.3) is 0 Å². The second kappa shape index (κ2) is 3.40. The van der Waals surface area contributed by atoms with Crippen molar-refractivity contribution in [2.24, 2.45) is 11.7 Å². The average molecular weight is 138 g/mol. The Balaban J connectivity index is 2.28. The first kappa shape index (κ1) is 7.32. The maximum Gasteiger partial charge on any atom is 0.0908 e. The molecule has 0 aromatic heterocycles. The summed E-state index contributed by atoms with van der Waals surface area (Å²) in [7, 11) is 0. The van der Waals surface area contributed by atoms with Crippen molar-refractivity contribution in [1.29, 1.82) is 5.41 Å². The fourth-order valence-electron chi connectivity index (χ4n) is 1.35. The number of rotatable bonds is 2. The van der Waals surface area contributed by atoms with Crippen LogP contribution in [0.4, 0.5) is 0 Å². The summed E-state index contributed by atoms with van der Waals surface area (Å²) in [5.41, 5.74) is 5.28. The fraction of sp³-hybridized carbons (Fsp3) is 0.625. The highest BCUT2D eigenvalue weighted by atomic mass is 14.7. The molecule has 1 aliphatic carbocycles. The zero-order valence-corrected chi connectivity index (χ0v) is 6.14. The second-order valence-electron chi connectivity index (χ2n) is 2.88. The highest BCUT2D eigenvalue weighted by Crippen LogP contribution is 2.20. The summed E-state index contributed by atoms with van der Waals surface area (Å²) in [6.45, 7) is 0. The summed E-state index contributed by atoms with van der Waals surface area (Å²) in [5.74, 6) is 0.975. The third-order valence-corrected chi connectivity index (χ3v) is 1.89. The van der Waals surface area contributed by atoms with Crippen LogP contribution < -0.4 is 5.73 Å². The summed E-state index contributed by atoms with van der Waals surface area (Å²) in [6.07, 6.45) is 8.66. The quantitative estimate of drug-likeness (QED) is 0.340. The molecule has 0 fully saturated rings. The van der Waals surface area contributed by atoms with Crippen LogP contribution in [-0.4, -0.2) is 5.84 Å². The van der Waals surface area contributed by atoms with Crippen molar-refractivity contribution >= 4 is 5.84 Å². The molecule has 0 radical (unpaired) electrons. The maximum atomic E-state index is 7.08. The first-order chi connectivity index (χ1) is 4.79. The van der Waals surface area contributed by atoms with Crippen molar-refractivity contribution in [3.05, 3.63) is 12.2 Å². The van der Waals surface area contributed by atoms with Gasteiger partial charge in [-0.2, -0.15) is 0 Å². The van der Waals surface area contributed by atoms with Crippen LogP contribution in [0.2, 0.25) is 0 Å². The molecule has 1 rings (SSSR count). The molecule has 0 aliphatic heterocycles. The lowest BCUT2D eigenvalue weighted by Crippen LogP contribution is -2.16. The van der Waals surface area contributed by atoms with Gasteiger partial charge < -0.3 is 5.73 Å². The van der Waals surface area contributed by atoms with Crippen molar-refractivity contribution in [1.82, 2.24) is 0 Å². The Morgan fingerprint density at radius 1 is 1.60 bits per heavy atom. The number of nitrogens with two attached hydrogens (primary N) is 1. The third kappa shape index (κ3) is 2.21. The first-order valence-corrected chi connectivity index (χ1v) is 3.77. The van der Waals surface area contributed by atoms with Gasteiger partial charge in [-0.3, -0.25) is 5.41 Å². The molecule has 1 atom stereocenters. The molecule has 0 aromatic carbocycles. The topological polar surface area (TPSA) is 49.9 Å². The Labute approximate surface area is 61.6 Å². The minimum absolute atomic E-state index is 0.334. The third-order valence-electron chi connectivity index (χ3n) is 1.89. The Bertz CT molecular complexity index is 149. The van der Waals surface area contributed by atoms with Crippen molar-refractivity contribution < 1.29 is 0 Å². The van der Waals surface area contributed by atoms with Crippen LogP contribution in [0.1, 0.15) is 25.7 Å². The zero-order valence-electron chi connectivity index (χ0n) is 6.14. The number of hydrogen-bond donors (Lipinski definition) is 2. The molecule has 1 unspecified atom stereocenters. The Hall–Kier alpha value is -0.790. The molecule has 0 saturated heterocycles. The molecule has 0 saturated carbocycles. The number of nitrogens with one attached hydrogen (secondary N) is 1. The van der Waals surface area contributed by atoms with E-state index in [0.29, 0.717) is 11.8 Å². The lowest BCUT2D eigenvalue weighted by atomic mass is 9.91. The molecule has 2 heteroatoms. The van der Waals surface area contributed by atoms with Crippen LogP contribution in [0.15, 0.2) is 12.2 Å². The van der Waals surface area contributed by atoms with E-state index in [4.69, 9.17) is 11.1 Å². The van der Waals surface area contributed by atoms with Crippen LogP contribution in [-0.2, 0) is 0 Å². The summed E-state index contributed by atoms with van der Waals surface area (Å²) >= 11 is 0. The van der Waals surface area contributed by atoms with E-state index in [0.717, 1.165) is 19.3 Å². The molecule has 0 spiro atoms.